The summed E-state index contributed by atoms with van der Waals surface area (Å²) in [7, 11) is 0. The van der Waals surface area contributed by atoms with E-state index in [9.17, 15) is 4.79 Å². The largest absolute Gasteiger partial charge is 0.492 e. The fourth-order valence-electron chi connectivity index (χ4n) is 3.52. The SMILES string of the molecule is CC(C)N(CCOc1cccc(NC(=O)Cc2csc(-c3ccccc3)n2)c1)C(C)C. The summed E-state index contributed by atoms with van der Waals surface area (Å²) >= 11 is 1.55. The molecule has 0 bridgehead atoms. The van der Waals surface area contributed by atoms with Gasteiger partial charge in [-0.3, -0.25) is 9.69 Å². The van der Waals surface area contributed by atoms with Crippen LogP contribution in [0.2, 0.25) is 0 Å². The molecule has 1 N–H and O–H groups in total. The molecule has 3 aromatic rings. The van der Waals surface area contributed by atoms with Crippen molar-refractivity contribution in [1.29, 1.82) is 0 Å². The predicted octanol–water partition coefficient (Wildman–Crippen LogP) is 5.49. The van der Waals surface area contributed by atoms with Gasteiger partial charge in [0.05, 0.1) is 12.1 Å². The highest BCUT2D eigenvalue weighted by Gasteiger charge is 2.13. The van der Waals surface area contributed by atoms with Crippen LogP contribution >= 0.6 is 11.3 Å². The monoisotopic (exact) mass is 437 g/mol. The van der Waals surface area contributed by atoms with Gasteiger partial charge in [0, 0.05) is 41.3 Å². The van der Waals surface area contributed by atoms with Gasteiger partial charge in [0.1, 0.15) is 17.4 Å². The molecule has 0 fully saturated rings. The maximum absolute atomic E-state index is 12.5. The van der Waals surface area contributed by atoms with Crippen molar-refractivity contribution in [2.24, 2.45) is 0 Å². The molecule has 0 radical (unpaired) electrons. The molecule has 1 aromatic heterocycles. The van der Waals surface area contributed by atoms with E-state index in [1.165, 1.54) is 0 Å². The van der Waals surface area contributed by atoms with Crippen molar-refractivity contribution in [2.45, 2.75) is 46.2 Å². The molecule has 0 aliphatic carbocycles. The number of benzene rings is 2. The van der Waals surface area contributed by atoms with Crippen LogP contribution in [0.5, 0.6) is 5.75 Å². The van der Waals surface area contributed by atoms with Gasteiger partial charge in [0.2, 0.25) is 5.91 Å². The fraction of sp³-hybridized carbons (Fsp3) is 0.360. The van der Waals surface area contributed by atoms with E-state index in [0.29, 0.717) is 18.7 Å². The Morgan fingerprint density at radius 1 is 1.06 bits per heavy atom. The number of anilines is 1. The van der Waals surface area contributed by atoms with Crippen molar-refractivity contribution in [3.05, 3.63) is 65.7 Å². The second-order valence-corrected chi connectivity index (χ2v) is 8.89. The molecule has 1 amide bonds. The van der Waals surface area contributed by atoms with Gasteiger partial charge >= 0.3 is 0 Å². The average Bonchev–Trinajstić information content (AvgIpc) is 3.20. The van der Waals surface area contributed by atoms with Gasteiger partial charge in [0.25, 0.3) is 0 Å². The predicted molar refractivity (Wildman–Crippen MR) is 129 cm³/mol. The van der Waals surface area contributed by atoms with Crippen molar-refractivity contribution in [3.8, 4) is 16.3 Å². The Balaban J connectivity index is 1.52. The van der Waals surface area contributed by atoms with Crippen LogP contribution in [0.1, 0.15) is 33.4 Å². The highest BCUT2D eigenvalue weighted by atomic mass is 32.1. The van der Waals surface area contributed by atoms with Crippen LogP contribution in [-0.4, -0.2) is 41.0 Å². The average molecular weight is 438 g/mol. The van der Waals surface area contributed by atoms with Crippen LogP contribution < -0.4 is 10.1 Å². The van der Waals surface area contributed by atoms with Gasteiger partial charge in [-0.15, -0.1) is 11.3 Å². The van der Waals surface area contributed by atoms with Gasteiger partial charge in [-0.2, -0.15) is 0 Å². The van der Waals surface area contributed by atoms with Crippen molar-refractivity contribution in [2.75, 3.05) is 18.5 Å². The zero-order chi connectivity index (χ0) is 22.2. The quantitative estimate of drug-likeness (QED) is 0.456. The lowest BCUT2D eigenvalue weighted by Crippen LogP contribution is -2.39. The van der Waals surface area contributed by atoms with Crippen molar-refractivity contribution in [1.82, 2.24) is 9.88 Å². The molecule has 6 heteroatoms. The molecule has 31 heavy (non-hydrogen) atoms. The minimum atomic E-state index is -0.0900. The van der Waals surface area contributed by atoms with E-state index in [0.717, 1.165) is 34.2 Å². The van der Waals surface area contributed by atoms with E-state index in [1.54, 1.807) is 11.3 Å². The Labute approximate surface area is 189 Å². The number of nitrogens with one attached hydrogen (secondary N) is 1. The molecule has 0 aliphatic heterocycles. The summed E-state index contributed by atoms with van der Waals surface area (Å²) in [5.41, 5.74) is 2.57. The van der Waals surface area contributed by atoms with Gasteiger partial charge in [-0.1, -0.05) is 36.4 Å². The molecule has 3 rings (SSSR count). The van der Waals surface area contributed by atoms with Gasteiger partial charge in [-0.05, 0) is 39.8 Å². The Bertz CT molecular complexity index is 962. The van der Waals surface area contributed by atoms with Crippen LogP contribution in [0, 0.1) is 0 Å². The second kappa shape index (κ2) is 11.1. The number of carbonyl (C=O) groups excluding carboxylic acids is 1. The molecule has 2 aromatic carbocycles. The highest BCUT2D eigenvalue weighted by Crippen LogP contribution is 2.24. The van der Waals surface area contributed by atoms with E-state index in [2.05, 4.69) is 42.9 Å². The van der Waals surface area contributed by atoms with Crippen molar-refractivity contribution >= 4 is 22.9 Å². The lowest BCUT2D eigenvalue weighted by molar-refractivity contribution is -0.115. The molecule has 1 heterocycles. The van der Waals surface area contributed by atoms with Gasteiger partial charge < -0.3 is 10.1 Å². The number of carbonyl (C=O) groups is 1. The third kappa shape index (κ3) is 6.91. The summed E-state index contributed by atoms with van der Waals surface area (Å²) in [6.07, 6.45) is 0.242. The molecule has 0 atom stereocenters. The van der Waals surface area contributed by atoms with Crippen LogP contribution in [-0.2, 0) is 11.2 Å². The zero-order valence-electron chi connectivity index (χ0n) is 18.7. The molecular formula is C25H31N3O2S. The minimum Gasteiger partial charge on any atom is -0.492 e. The Morgan fingerprint density at radius 2 is 1.81 bits per heavy atom. The first-order valence-electron chi connectivity index (χ1n) is 10.7. The van der Waals surface area contributed by atoms with E-state index in [4.69, 9.17) is 4.74 Å². The molecule has 5 nitrogen and oxygen atoms in total. The maximum Gasteiger partial charge on any atom is 0.230 e. The van der Waals surface area contributed by atoms with Crippen molar-refractivity contribution in [3.63, 3.8) is 0 Å². The summed E-state index contributed by atoms with van der Waals surface area (Å²) in [5.74, 6) is 0.665. The highest BCUT2D eigenvalue weighted by molar-refractivity contribution is 7.13. The number of aromatic nitrogens is 1. The number of thiazole rings is 1. The second-order valence-electron chi connectivity index (χ2n) is 8.04. The molecule has 0 spiro atoms. The molecule has 0 saturated carbocycles. The van der Waals surface area contributed by atoms with Crippen molar-refractivity contribution < 1.29 is 9.53 Å². The van der Waals surface area contributed by atoms with Gasteiger partial charge in [0.15, 0.2) is 0 Å². The van der Waals surface area contributed by atoms with Crippen LogP contribution in [0.15, 0.2) is 60.0 Å². The number of nitrogens with zero attached hydrogens (tertiary/aromatic N) is 2. The lowest BCUT2D eigenvalue weighted by Gasteiger charge is -2.30. The summed E-state index contributed by atoms with van der Waals surface area (Å²) < 4.78 is 5.93. The number of hydrogen-bond acceptors (Lipinski definition) is 5. The smallest absolute Gasteiger partial charge is 0.230 e. The number of rotatable bonds is 10. The number of ether oxygens (including phenoxy) is 1. The molecule has 164 valence electrons. The van der Waals surface area contributed by atoms with Gasteiger partial charge in [-0.25, -0.2) is 4.98 Å². The molecule has 0 unspecified atom stereocenters. The Hall–Kier alpha value is -2.70. The fourth-order valence-corrected chi connectivity index (χ4v) is 4.34. The third-order valence-corrected chi connectivity index (χ3v) is 5.92. The van der Waals surface area contributed by atoms with Crippen LogP contribution in [0.25, 0.3) is 10.6 Å². The van der Waals surface area contributed by atoms with E-state index in [-0.39, 0.29) is 12.3 Å². The zero-order valence-corrected chi connectivity index (χ0v) is 19.5. The minimum absolute atomic E-state index is 0.0900. The standard InChI is InChI=1S/C25H31N3O2S/c1-18(2)28(19(3)4)13-14-30-23-12-8-11-21(15-23)26-24(29)16-22-17-31-25(27-22)20-9-6-5-7-10-20/h5-12,15,17-19H,13-14,16H2,1-4H3,(H,26,29). The van der Waals surface area contributed by atoms with E-state index in [1.807, 2.05) is 60.0 Å². The third-order valence-electron chi connectivity index (χ3n) is 4.98. The van der Waals surface area contributed by atoms with E-state index < -0.39 is 0 Å². The number of amides is 1. The maximum atomic E-state index is 12.5. The lowest BCUT2D eigenvalue weighted by atomic mass is 10.2. The first-order chi connectivity index (χ1) is 14.9. The topological polar surface area (TPSA) is 54.5 Å². The molecule has 0 saturated heterocycles. The first kappa shape index (κ1) is 23.0. The Kier molecular flexibility index (Phi) is 8.20. The summed E-state index contributed by atoms with van der Waals surface area (Å²) in [6, 6.07) is 18.5. The molecule has 0 aliphatic rings. The summed E-state index contributed by atoms with van der Waals surface area (Å²) in [4.78, 5) is 19.5. The normalized spacial score (nSPS) is 11.3. The Morgan fingerprint density at radius 3 is 2.52 bits per heavy atom. The summed E-state index contributed by atoms with van der Waals surface area (Å²) in [6.45, 7) is 10.2. The summed E-state index contributed by atoms with van der Waals surface area (Å²) in [5, 5.41) is 5.82. The van der Waals surface area contributed by atoms with E-state index >= 15 is 0 Å². The molecular weight excluding hydrogens is 406 g/mol. The van der Waals surface area contributed by atoms with Crippen LogP contribution in [0.3, 0.4) is 0 Å². The van der Waals surface area contributed by atoms with Crippen LogP contribution in [0.4, 0.5) is 5.69 Å². The first-order valence-corrected chi connectivity index (χ1v) is 11.6. The number of hydrogen-bond donors (Lipinski definition) is 1.